The van der Waals surface area contributed by atoms with Gasteiger partial charge in [0.15, 0.2) is 0 Å². The highest BCUT2D eigenvalue weighted by atomic mass is 127. The highest BCUT2D eigenvalue weighted by Gasteiger charge is 2.00. The molecule has 1 aromatic heterocycles. The zero-order chi connectivity index (χ0) is 7.56. The number of aromatic nitrogens is 1. The van der Waals surface area contributed by atoms with E-state index in [9.17, 15) is 8.78 Å². The van der Waals surface area contributed by atoms with Crippen LogP contribution in [0.15, 0.2) is 12.3 Å². The molecule has 0 bridgehead atoms. The third-order valence-corrected chi connectivity index (χ3v) is 1.99. The third-order valence-electron chi connectivity index (χ3n) is 1.02. The van der Waals surface area contributed by atoms with Crippen LogP contribution in [0.25, 0.3) is 0 Å². The molecule has 1 heterocycles. The van der Waals surface area contributed by atoms with E-state index in [0.29, 0.717) is 9.26 Å². The van der Waals surface area contributed by atoms with Crippen LogP contribution in [0, 0.1) is 9.52 Å². The van der Waals surface area contributed by atoms with Gasteiger partial charge in [0.1, 0.15) is 16.2 Å². The van der Waals surface area contributed by atoms with E-state index in [2.05, 4.69) is 4.98 Å². The molecule has 0 aliphatic rings. The minimum Gasteiger partial charge on any atom is -0.247 e. The summed E-state index contributed by atoms with van der Waals surface area (Å²) in [4.78, 5) is 3.62. The smallest absolute Gasteiger partial charge is 0.141 e. The highest BCUT2D eigenvalue weighted by Crippen LogP contribution is 2.11. The van der Waals surface area contributed by atoms with Gasteiger partial charge in [0, 0.05) is 5.56 Å². The SMILES string of the molecule is FCc1cc(F)cnc1I. The molecular weight excluding hydrogens is 251 g/mol. The maximum absolute atomic E-state index is 12.3. The Morgan fingerprint density at radius 2 is 2.30 bits per heavy atom. The van der Waals surface area contributed by atoms with Crippen molar-refractivity contribution >= 4 is 22.6 Å². The van der Waals surface area contributed by atoms with Crippen LogP contribution in [0.5, 0.6) is 0 Å². The Hall–Kier alpha value is -0.260. The minimum absolute atomic E-state index is 0.306. The van der Waals surface area contributed by atoms with Crippen LogP contribution < -0.4 is 0 Å². The van der Waals surface area contributed by atoms with E-state index in [1.165, 1.54) is 0 Å². The number of hydrogen-bond donors (Lipinski definition) is 0. The molecule has 0 saturated carbocycles. The molecule has 0 aromatic carbocycles. The van der Waals surface area contributed by atoms with Gasteiger partial charge < -0.3 is 0 Å². The van der Waals surface area contributed by atoms with Crippen molar-refractivity contribution in [3.63, 3.8) is 0 Å². The van der Waals surface area contributed by atoms with Gasteiger partial charge in [-0.2, -0.15) is 0 Å². The predicted octanol–water partition coefficient (Wildman–Crippen LogP) is 2.29. The molecule has 0 aliphatic heterocycles. The van der Waals surface area contributed by atoms with E-state index in [1.54, 1.807) is 0 Å². The van der Waals surface area contributed by atoms with E-state index < -0.39 is 12.5 Å². The molecule has 0 saturated heterocycles. The summed E-state index contributed by atoms with van der Waals surface area (Å²) in [6, 6.07) is 1.15. The van der Waals surface area contributed by atoms with Crippen LogP contribution in [0.2, 0.25) is 0 Å². The Balaban J connectivity index is 3.09. The number of hydrogen-bond acceptors (Lipinski definition) is 1. The Labute approximate surface area is 70.6 Å². The molecule has 10 heavy (non-hydrogen) atoms. The Morgan fingerprint density at radius 1 is 1.60 bits per heavy atom. The van der Waals surface area contributed by atoms with Crippen molar-refractivity contribution in [2.75, 3.05) is 0 Å². The monoisotopic (exact) mass is 255 g/mol. The molecule has 1 rings (SSSR count). The van der Waals surface area contributed by atoms with Gasteiger partial charge >= 0.3 is 0 Å². The van der Waals surface area contributed by atoms with Crippen molar-refractivity contribution in [2.45, 2.75) is 6.67 Å². The fourth-order valence-electron chi connectivity index (χ4n) is 0.558. The largest absolute Gasteiger partial charge is 0.247 e. The molecule has 0 N–H and O–H groups in total. The number of nitrogens with zero attached hydrogens (tertiary/aromatic N) is 1. The zero-order valence-corrected chi connectivity index (χ0v) is 7.10. The van der Waals surface area contributed by atoms with E-state index in [1.807, 2.05) is 22.6 Å². The fourth-order valence-corrected chi connectivity index (χ4v) is 0.997. The quantitative estimate of drug-likeness (QED) is 0.554. The van der Waals surface area contributed by atoms with Crippen molar-refractivity contribution in [1.82, 2.24) is 4.98 Å². The van der Waals surface area contributed by atoms with Crippen LogP contribution in [-0.2, 0) is 6.67 Å². The van der Waals surface area contributed by atoms with Gasteiger partial charge in [-0.1, -0.05) is 0 Å². The topological polar surface area (TPSA) is 12.9 Å². The first-order valence-corrected chi connectivity index (χ1v) is 3.68. The predicted molar refractivity (Wildman–Crippen MR) is 41.7 cm³/mol. The highest BCUT2D eigenvalue weighted by molar-refractivity contribution is 14.1. The molecule has 0 spiro atoms. The Bertz CT molecular complexity index is 239. The zero-order valence-electron chi connectivity index (χ0n) is 4.94. The van der Waals surface area contributed by atoms with Gasteiger partial charge in [-0.05, 0) is 28.7 Å². The second-order valence-electron chi connectivity index (χ2n) is 1.74. The van der Waals surface area contributed by atoms with Gasteiger partial charge in [0.2, 0.25) is 0 Å². The van der Waals surface area contributed by atoms with Crippen LogP contribution in [-0.4, -0.2) is 4.98 Å². The number of halogens is 3. The Kier molecular flexibility index (Phi) is 2.53. The standard InChI is InChI=1S/C6H4F2IN/c7-2-4-1-5(8)3-10-6(4)9/h1,3H,2H2. The molecule has 0 radical (unpaired) electrons. The minimum atomic E-state index is -0.664. The van der Waals surface area contributed by atoms with Crippen molar-refractivity contribution in [1.29, 1.82) is 0 Å². The molecule has 1 nitrogen and oxygen atoms in total. The van der Waals surface area contributed by atoms with Crippen LogP contribution in [0.4, 0.5) is 8.78 Å². The number of pyridine rings is 1. The summed E-state index contributed by atoms with van der Waals surface area (Å²) in [6.45, 7) is -0.664. The molecule has 0 unspecified atom stereocenters. The summed E-state index contributed by atoms with van der Waals surface area (Å²) in [5.74, 6) is -0.493. The maximum atomic E-state index is 12.3. The van der Waals surface area contributed by atoms with Crippen molar-refractivity contribution in [2.24, 2.45) is 0 Å². The normalized spacial score (nSPS) is 9.90. The van der Waals surface area contributed by atoms with E-state index >= 15 is 0 Å². The van der Waals surface area contributed by atoms with E-state index in [0.717, 1.165) is 12.3 Å². The first kappa shape index (κ1) is 7.84. The lowest BCUT2D eigenvalue weighted by atomic mass is 10.3. The van der Waals surface area contributed by atoms with E-state index in [-0.39, 0.29) is 0 Å². The molecular formula is C6H4F2IN. The lowest BCUT2D eigenvalue weighted by Gasteiger charge is -1.95. The number of alkyl halides is 1. The van der Waals surface area contributed by atoms with Gasteiger partial charge in [0.25, 0.3) is 0 Å². The maximum Gasteiger partial charge on any atom is 0.141 e. The molecule has 54 valence electrons. The van der Waals surface area contributed by atoms with Gasteiger partial charge in [-0.15, -0.1) is 0 Å². The first-order chi connectivity index (χ1) is 4.74. The summed E-state index contributed by atoms with van der Waals surface area (Å²) in [7, 11) is 0. The Morgan fingerprint density at radius 3 is 2.80 bits per heavy atom. The summed E-state index contributed by atoms with van der Waals surface area (Å²) in [5, 5.41) is 0. The average molecular weight is 255 g/mol. The summed E-state index contributed by atoms with van der Waals surface area (Å²) in [6.07, 6.45) is 1.07. The van der Waals surface area contributed by atoms with Crippen LogP contribution in [0.1, 0.15) is 5.56 Å². The van der Waals surface area contributed by atoms with Crippen molar-refractivity contribution < 1.29 is 8.78 Å². The second kappa shape index (κ2) is 3.23. The third kappa shape index (κ3) is 1.62. The molecule has 4 heteroatoms. The fraction of sp³-hybridized carbons (Fsp3) is 0.167. The molecule has 0 atom stereocenters. The summed E-state index contributed by atoms with van der Waals surface area (Å²) < 4.78 is 24.8. The van der Waals surface area contributed by atoms with Crippen LogP contribution >= 0.6 is 22.6 Å². The lowest BCUT2D eigenvalue weighted by molar-refractivity contribution is 0.478. The molecule has 1 aromatic rings. The lowest BCUT2D eigenvalue weighted by Crippen LogP contribution is -1.90. The molecule has 0 aliphatic carbocycles. The van der Waals surface area contributed by atoms with Crippen molar-refractivity contribution in [3.05, 3.63) is 27.3 Å². The van der Waals surface area contributed by atoms with Crippen LogP contribution in [0.3, 0.4) is 0 Å². The van der Waals surface area contributed by atoms with Gasteiger partial charge in [0.05, 0.1) is 6.20 Å². The molecule has 0 fully saturated rings. The average Bonchev–Trinajstić information content (AvgIpc) is 1.94. The van der Waals surface area contributed by atoms with Crippen molar-refractivity contribution in [3.8, 4) is 0 Å². The number of rotatable bonds is 1. The van der Waals surface area contributed by atoms with Gasteiger partial charge in [-0.25, -0.2) is 13.8 Å². The summed E-state index contributed by atoms with van der Waals surface area (Å²) in [5.41, 5.74) is 0.306. The van der Waals surface area contributed by atoms with E-state index in [4.69, 9.17) is 0 Å². The second-order valence-corrected chi connectivity index (χ2v) is 2.76. The molecule has 0 amide bonds. The van der Waals surface area contributed by atoms with Gasteiger partial charge in [-0.3, -0.25) is 0 Å². The summed E-state index contributed by atoms with van der Waals surface area (Å²) >= 11 is 1.86. The first-order valence-electron chi connectivity index (χ1n) is 2.60.